The van der Waals surface area contributed by atoms with Crippen LogP contribution in [-0.2, 0) is 4.79 Å². The molecular weight excluding hydrogens is 319 g/mol. The molecule has 1 N–H and O–H groups in total. The molecule has 0 radical (unpaired) electrons. The molecule has 1 saturated heterocycles. The molecule has 1 atom stereocenters. The quantitative estimate of drug-likeness (QED) is 0.939. The normalized spacial score (nSPS) is 17.4. The second-order valence-corrected chi connectivity index (χ2v) is 5.75. The van der Waals surface area contributed by atoms with Gasteiger partial charge in [-0.3, -0.25) is 9.59 Å². The number of anilines is 1. The van der Waals surface area contributed by atoms with E-state index in [2.05, 4.69) is 5.32 Å². The first-order valence-corrected chi connectivity index (χ1v) is 7.54. The van der Waals surface area contributed by atoms with E-state index in [1.807, 2.05) is 0 Å². The molecule has 1 unspecified atom stereocenters. The highest BCUT2D eigenvalue weighted by atomic mass is 35.5. The van der Waals surface area contributed by atoms with E-state index >= 15 is 0 Å². The van der Waals surface area contributed by atoms with Gasteiger partial charge >= 0.3 is 0 Å². The number of halogens is 2. The number of rotatable bonds is 3. The summed E-state index contributed by atoms with van der Waals surface area (Å²) in [6.45, 7) is 0.304. The summed E-state index contributed by atoms with van der Waals surface area (Å²) in [5.41, 5.74) is 0.857. The van der Waals surface area contributed by atoms with E-state index in [1.54, 1.807) is 36.4 Å². The topological polar surface area (TPSA) is 49.4 Å². The van der Waals surface area contributed by atoms with Crippen molar-refractivity contribution in [2.24, 2.45) is 0 Å². The van der Waals surface area contributed by atoms with Gasteiger partial charge in [-0.05, 0) is 30.3 Å². The minimum Gasteiger partial charge on any atom is -0.347 e. The predicted molar refractivity (Wildman–Crippen MR) is 86.1 cm³/mol. The molecule has 3 rings (SSSR count). The zero-order valence-electron chi connectivity index (χ0n) is 12.1. The molecule has 2 aromatic carbocycles. The highest BCUT2D eigenvalue weighted by Gasteiger charge is 2.32. The smallest absolute Gasteiger partial charge is 0.253 e. The van der Waals surface area contributed by atoms with E-state index in [1.165, 1.54) is 17.0 Å². The average Bonchev–Trinajstić information content (AvgIpc) is 2.88. The monoisotopic (exact) mass is 332 g/mol. The predicted octanol–water partition coefficient (Wildman–Crippen LogP) is 3.01. The Morgan fingerprint density at radius 2 is 2.00 bits per heavy atom. The molecule has 2 amide bonds. The summed E-state index contributed by atoms with van der Waals surface area (Å²) in [6.07, 6.45) is 0.173. The maximum atomic E-state index is 13.3. The molecule has 1 aliphatic rings. The van der Waals surface area contributed by atoms with E-state index in [0.29, 0.717) is 22.8 Å². The number of nitrogens with zero attached hydrogens (tertiary/aromatic N) is 1. The molecule has 0 aromatic heterocycles. The lowest BCUT2D eigenvalue weighted by Crippen LogP contribution is -2.37. The van der Waals surface area contributed by atoms with Crippen molar-refractivity contribution in [1.29, 1.82) is 0 Å². The Morgan fingerprint density at radius 1 is 1.22 bits per heavy atom. The number of carbonyl (C=O) groups is 2. The average molecular weight is 333 g/mol. The summed E-state index contributed by atoms with van der Waals surface area (Å²) < 4.78 is 13.3. The van der Waals surface area contributed by atoms with Gasteiger partial charge in [-0.2, -0.15) is 0 Å². The van der Waals surface area contributed by atoms with Crippen LogP contribution in [0.4, 0.5) is 10.1 Å². The van der Waals surface area contributed by atoms with Crippen molar-refractivity contribution in [2.75, 3.05) is 11.4 Å². The van der Waals surface area contributed by atoms with Gasteiger partial charge in [-0.1, -0.05) is 29.8 Å². The molecule has 0 bridgehead atoms. The summed E-state index contributed by atoms with van der Waals surface area (Å²) in [7, 11) is 0. The van der Waals surface area contributed by atoms with Crippen molar-refractivity contribution in [3.63, 3.8) is 0 Å². The van der Waals surface area contributed by atoms with Crippen LogP contribution in [0.1, 0.15) is 16.8 Å². The third-order valence-corrected chi connectivity index (χ3v) is 4.03. The van der Waals surface area contributed by atoms with Crippen LogP contribution in [0.25, 0.3) is 0 Å². The Morgan fingerprint density at radius 3 is 2.74 bits per heavy atom. The Bertz CT molecular complexity index is 766. The fourth-order valence-electron chi connectivity index (χ4n) is 2.61. The van der Waals surface area contributed by atoms with E-state index in [4.69, 9.17) is 11.6 Å². The minimum absolute atomic E-state index is 0.153. The molecule has 1 aliphatic heterocycles. The first-order valence-electron chi connectivity index (χ1n) is 7.16. The van der Waals surface area contributed by atoms with Gasteiger partial charge in [-0.15, -0.1) is 0 Å². The largest absolute Gasteiger partial charge is 0.347 e. The Hall–Kier alpha value is -2.40. The van der Waals surface area contributed by atoms with Gasteiger partial charge < -0.3 is 10.2 Å². The van der Waals surface area contributed by atoms with Gasteiger partial charge in [0.1, 0.15) is 5.82 Å². The molecule has 0 spiro atoms. The molecule has 1 heterocycles. The molecule has 0 aliphatic carbocycles. The lowest BCUT2D eigenvalue weighted by Gasteiger charge is -2.17. The fourth-order valence-corrected chi connectivity index (χ4v) is 2.83. The molecule has 0 saturated carbocycles. The number of benzene rings is 2. The SMILES string of the molecule is O=C(NC1CC(=O)N(c2cccc(F)c2)C1)c1ccccc1Cl. The zero-order valence-corrected chi connectivity index (χ0v) is 12.9. The highest BCUT2D eigenvalue weighted by molar-refractivity contribution is 6.33. The van der Waals surface area contributed by atoms with Gasteiger partial charge in [0.2, 0.25) is 5.91 Å². The van der Waals surface area contributed by atoms with E-state index in [-0.39, 0.29) is 24.3 Å². The van der Waals surface area contributed by atoms with E-state index < -0.39 is 5.82 Å². The van der Waals surface area contributed by atoms with Gasteiger partial charge in [0, 0.05) is 18.7 Å². The molecule has 4 nitrogen and oxygen atoms in total. The van der Waals surface area contributed by atoms with Crippen LogP contribution in [0, 0.1) is 5.82 Å². The number of carbonyl (C=O) groups excluding carboxylic acids is 2. The van der Waals surface area contributed by atoms with Gasteiger partial charge in [0.25, 0.3) is 5.91 Å². The third kappa shape index (κ3) is 3.35. The number of amides is 2. The summed E-state index contributed by atoms with van der Waals surface area (Å²) in [5.74, 6) is -0.881. The van der Waals surface area contributed by atoms with Crippen molar-refractivity contribution in [1.82, 2.24) is 5.32 Å². The second-order valence-electron chi connectivity index (χ2n) is 5.34. The minimum atomic E-state index is -0.404. The first kappa shape index (κ1) is 15.5. The number of hydrogen-bond acceptors (Lipinski definition) is 2. The number of nitrogens with one attached hydrogen (secondary N) is 1. The van der Waals surface area contributed by atoms with E-state index in [9.17, 15) is 14.0 Å². The van der Waals surface area contributed by atoms with Gasteiger partial charge in [0.05, 0.1) is 16.6 Å². The highest BCUT2D eigenvalue weighted by Crippen LogP contribution is 2.23. The molecular formula is C17H14ClFN2O2. The summed E-state index contributed by atoms with van der Waals surface area (Å²) >= 11 is 6.00. The van der Waals surface area contributed by atoms with Crippen LogP contribution in [0.2, 0.25) is 5.02 Å². The maximum absolute atomic E-state index is 13.3. The summed E-state index contributed by atoms with van der Waals surface area (Å²) in [6, 6.07) is 12.2. The lowest BCUT2D eigenvalue weighted by atomic mass is 10.2. The standard InChI is InChI=1S/C17H14ClFN2O2/c18-15-7-2-1-6-14(15)17(23)20-12-9-16(22)21(10-12)13-5-3-4-11(19)8-13/h1-8,12H,9-10H2,(H,20,23). The second kappa shape index (κ2) is 6.38. The van der Waals surface area contributed by atoms with Crippen molar-refractivity contribution in [3.8, 4) is 0 Å². The summed E-state index contributed by atoms with van der Waals surface area (Å²) in [4.78, 5) is 25.8. The lowest BCUT2D eigenvalue weighted by molar-refractivity contribution is -0.117. The van der Waals surface area contributed by atoms with Crippen molar-refractivity contribution < 1.29 is 14.0 Å². The molecule has 1 fully saturated rings. The van der Waals surface area contributed by atoms with Crippen LogP contribution in [0.5, 0.6) is 0 Å². The van der Waals surface area contributed by atoms with Crippen molar-refractivity contribution in [3.05, 3.63) is 64.9 Å². The maximum Gasteiger partial charge on any atom is 0.253 e. The summed E-state index contributed by atoms with van der Waals surface area (Å²) in [5, 5.41) is 3.16. The number of hydrogen-bond donors (Lipinski definition) is 1. The van der Waals surface area contributed by atoms with Crippen LogP contribution < -0.4 is 10.2 Å². The fraction of sp³-hybridized carbons (Fsp3) is 0.176. The van der Waals surface area contributed by atoms with Crippen LogP contribution in [-0.4, -0.2) is 24.4 Å². The Kier molecular flexibility index (Phi) is 4.30. The van der Waals surface area contributed by atoms with Gasteiger partial charge in [0.15, 0.2) is 0 Å². The first-order chi connectivity index (χ1) is 11.0. The van der Waals surface area contributed by atoms with Crippen LogP contribution in [0.3, 0.4) is 0 Å². The molecule has 2 aromatic rings. The third-order valence-electron chi connectivity index (χ3n) is 3.70. The van der Waals surface area contributed by atoms with E-state index in [0.717, 1.165) is 0 Å². The van der Waals surface area contributed by atoms with Crippen LogP contribution in [0.15, 0.2) is 48.5 Å². The van der Waals surface area contributed by atoms with Crippen molar-refractivity contribution in [2.45, 2.75) is 12.5 Å². The molecule has 23 heavy (non-hydrogen) atoms. The molecule has 118 valence electrons. The Balaban J connectivity index is 1.71. The van der Waals surface area contributed by atoms with Gasteiger partial charge in [-0.25, -0.2) is 4.39 Å². The molecule has 6 heteroatoms. The van der Waals surface area contributed by atoms with Crippen molar-refractivity contribution >= 4 is 29.1 Å². The zero-order chi connectivity index (χ0) is 16.4. The Labute approximate surface area is 137 Å². The van der Waals surface area contributed by atoms with Crippen LogP contribution >= 0.6 is 11.6 Å².